The van der Waals surface area contributed by atoms with Crippen LogP contribution < -0.4 is 0 Å². The molecular formula is C16H8N2O2. The monoisotopic (exact) mass is 260 g/mol. The van der Waals surface area contributed by atoms with Crippen LogP contribution in [-0.4, -0.2) is 12.6 Å². The maximum atomic E-state index is 11.2. The predicted molar refractivity (Wildman–Crippen MR) is 72.1 cm³/mol. The summed E-state index contributed by atoms with van der Waals surface area (Å²) in [5.74, 6) is 0. The fourth-order valence-electron chi connectivity index (χ4n) is 2.05. The van der Waals surface area contributed by atoms with E-state index in [1.807, 2.05) is 12.1 Å². The lowest BCUT2D eigenvalue weighted by atomic mass is 9.91. The summed E-state index contributed by atoms with van der Waals surface area (Å²) in [6.07, 6.45) is 1.17. The number of rotatable bonds is 3. The zero-order valence-electron chi connectivity index (χ0n) is 10.3. The van der Waals surface area contributed by atoms with Gasteiger partial charge in [-0.15, -0.1) is 0 Å². The van der Waals surface area contributed by atoms with Crippen LogP contribution >= 0.6 is 0 Å². The quantitative estimate of drug-likeness (QED) is 0.794. The molecule has 4 heteroatoms. The van der Waals surface area contributed by atoms with Crippen molar-refractivity contribution < 1.29 is 9.59 Å². The molecule has 0 aromatic heterocycles. The van der Waals surface area contributed by atoms with Crippen molar-refractivity contribution in [1.29, 1.82) is 10.5 Å². The van der Waals surface area contributed by atoms with Crippen molar-refractivity contribution in [3.63, 3.8) is 0 Å². The Morgan fingerprint density at radius 3 is 1.45 bits per heavy atom. The summed E-state index contributed by atoms with van der Waals surface area (Å²) in [7, 11) is 0. The second-order valence-electron chi connectivity index (χ2n) is 3.99. The van der Waals surface area contributed by atoms with Crippen molar-refractivity contribution in [3.8, 4) is 23.3 Å². The average Bonchev–Trinajstić information content (AvgIpc) is 2.52. The van der Waals surface area contributed by atoms with Gasteiger partial charge in [-0.3, -0.25) is 9.59 Å². The summed E-state index contributed by atoms with van der Waals surface area (Å²) in [6.45, 7) is 0. The zero-order valence-corrected chi connectivity index (χ0v) is 10.3. The summed E-state index contributed by atoms with van der Waals surface area (Å²) < 4.78 is 0. The van der Waals surface area contributed by atoms with Crippen LogP contribution in [0.1, 0.15) is 31.8 Å². The van der Waals surface area contributed by atoms with Crippen molar-refractivity contribution in [1.82, 2.24) is 0 Å². The fraction of sp³-hybridized carbons (Fsp3) is 0. The number of nitrogens with zero attached hydrogens (tertiary/aromatic N) is 2. The highest BCUT2D eigenvalue weighted by atomic mass is 16.1. The van der Waals surface area contributed by atoms with Gasteiger partial charge in [0.25, 0.3) is 0 Å². The Morgan fingerprint density at radius 2 is 1.15 bits per heavy atom. The van der Waals surface area contributed by atoms with E-state index < -0.39 is 0 Å². The summed E-state index contributed by atoms with van der Waals surface area (Å²) in [4.78, 5) is 22.5. The van der Waals surface area contributed by atoms with Gasteiger partial charge in [0.1, 0.15) is 0 Å². The fourth-order valence-corrected chi connectivity index (χ4v) is 2.05. The van der Waals surface area contributed by atoms with Crippen molar-refractivity contribution in [3.05, 3.63) is 58.7 Å². The third kappa shape index (κ3) is 2.07. The molecule has 0 saturated carbocycles. The van der Waals surface area contributed by atoms with Crippen molar-refractivity contribution in [2.45, 2.75) is 0 Å². The van der Waals surface area contributed by atoms with E-state index >= 15 is 0 Å². The summed E-state index contributed by atoms with van der Waals surface area (Å²) in [6, 6.07) is 13.5. The van der Waals surface area contributed by atoms with Crippen LogP contribution in [0, 0.1) is 22.7 Å². The van der Waals surface area contributed by atoms with E-state index in [2.05, 4.69) is 0 Å². The molecule has 0 fully saturated rings. The number of hydrogen-bond acceptors (Lipinski definition) is 4. The van der Waals surface area contributed by atoms with Gasteiger partial charge in [-0.05, 0) is 23.3 Å². The molecular weight excluding hydrogens is 252 g/mol. The first-order valence-corrected chi connectivity index (χ1v) is 5.73. The number of carbonyl (C=O) groups excluding carboxylic acids is 2. The van der Waals surface area contributed by atoms with E-state index in [1.165, 1.54) is 12.1 Å². The molecule has 94 valence electrons. The SMILES string of the molecule is N#Cc1cccc(-c2cccc(C#N)c2C=O)c1C=O. The number of hydrogen-bond donors (Lipinski definition) is 0. The van der Waals surface area contributed by atoms with Gasteiger partial charge in [0.05, 0.1) is 23.3 Å². The van der Waals surface area contributed by atoms with E-state index in [4.69, 9.17) is 10.5 Å². The van der Waals surface area contributed by atoms with Gasteiger partial charge in [-0.2, -0.15) is 10.5 Å². The van der Waals surface area contributed by atoms with Gasteiger partial charge >= 0.3 is 0 Å². The molecule has 2 aromatic carbocycles. The smallest absolute Gasteiger partial charge is 0.152 e. The van der Waals surface area contributed by atoms with E-state index in [1.54, 1.807) is 24.3 Å². The Kier molecular flexibility index (Phi) is 3.70. The van der Waals surface area contributed by atoms with Crippen LogP contribution in [-0.2, 0) is 0 Å². The van der Waals surface area contributed by atoms with Crippen LogP contribution in [0.25, 0.3) is 11.1 Å². The van der Waals surface area contributed by atoms with E-state index in [0.717, 1.165) is 0 Å². The van der Waals surface area contributed by atoms with Crippen LogP contribution in [0.4, 0.5) is 0 Å². The van der Waals surface area contributed by atoms with Crippen molar-refractivity contribution in [2.75, 3.05) is 0 Å². The van der Waals surface area contributed by atoms with Crippen molar-refractivity contribution in [2.24, 2.45) is 0 Å². The Hall–Kier alpha value is -3.24. The van der Waals surface area contributed by atoms with Gasteiger partial charge < -0.3 is 0 Å². The summed E-state index contributed by atoms with van der Waals surface area (Å²) in [5, 5.41) is 18.0. The average molecular weight is 260 g/mol. The number of benzene rings is 2. The largest absolute Gasteiger partial charge is 0.298 e. The zero-order chi connectivity index (χ0) is 14.5. The van der Waals surface area contributed by atoms with Gasteiger partial charge in [0.2, 0.25) is 0 Å². The molecule has 0 N–H and O–H groups in total. The molecule has 0 spiro atoms. The highest BCUT2D eigenvalue weighted by molar-refractivity contribution is 5.97. The minimum Gasteiger partial charge on any atom is -0.298 e. The highest BCUT2D eigenvalue weighted by Crippen LogP contribution is 2.29. The van der Waals surface area contributed by atoms with E-state index in [0.29, 0.717) is 23.7 Å². The molecule has 0 atom stereocenters. The van der Waals surface area contributed by atoms with Crippen molar-refractivity contribution >= 4 is 12.6 Å². The van der Waals surface area contributed by atoms with Gasteiger partial charge in [-0.1, -0.05) is 24.3 Å². The second-order valence-corrected chi connectivity index (χ2v) is 3.99. The minimum absolute atomic E-state index is 0.216. The molecule has 0 saturated heterocycles. The maximum absolute atomic E-state index is 11.2. The van der Waals surface area contributed by atoms with Gasteiger partial charge in [-0.25, -0.2) is 0 Å². The summed E-state index contributed by atoms with van der Waals surface area (Å²) in [5.41, 5.74) is 1.84. The van der Waals surface area contributed by atoms with Crippen LogP contribution in [0.2, 0.25) is 0 Å². The topological polar surface area (TPSA) is 81.7 Å². The van der Waals surface area contributed by atoms with Crippen LogP contribution in [0.3, 0.4) is 0 Å². The first-order valence-electron chi connectivity index (χ1n) is 5.73. The molecule has 2 aromatic rings. The summed E-state index contributed by atoms with van der Waals surface area (Å²) >= 11 is 0. The second kappa shape index (κ2) is 5.60. The number of nitriles is 2. The molecule has 4 nitrogen and oxygen atoms in total. The van der Waals surface area contributed by atoms with E-state index in [9.17, 15) is 9.59 Å². The third-order valence-electron chi connectivity index (χ3n) is 2.98. The van der Waals surface area contributed by atoms with Gasteiger partial charge in [0, 0.05) is 11.1 Å². The Bertz CT molecular complexity index is 713. The standard InChI is InChI=1S/C16H8N2O2/c17-7-11-3-1-5-13(15(11)9-19)14-6-2-4-12(8-18)16(14)10-20/h1-6,9-10H. The molecule has 0 aliphatic heterocycles. The lowest BCUT2D eigenvalue weighted by molar-refractivity contribution is 0.111. The number of aldehydes is 2. The molecule has 0 aliphatic rings. The highest BCUT2D eigenvalue weighted by Gasteiger charge is 2.14. The predicted octanol–water partition coefficient (Wildman–Crippen LogP) is 2.72. The normalized spacial score (nSPS) is 9.30. The molecule has 0 bridgehead atoms. The third-order valence-corrected chi connectivity index (χ3v) is 2.98. The minimum atomic E-state index is 0.216. The Balaban J connectivity index is 2.83. The van der Waals surface area contributed by atoms with Crippen LogP contribution in [0.5, 0.6) is 0 Å². The first-order chi connectivity index (χ1) is 9.76. The Labute approximate surface area is 115 Å². The van der Waals surface area contributed by atoms with E-state index in [-0.39, 0.29) is 22.3 Å². The first kappa shape index (κ1) is 13.2. The molecule has 0 amide bonds. The lowest BCUT2D eigenvalue weighted by Gasteiger charge is -2.09. The Morgan fingerprint density at radius 1 is 0.750 bits per heavy atom. The molecule has 0 unspecified atom stereocenters. The van der Waals surface area contributed by atoms with Gasteiger partial charge in [0.15, 0.2) is 12.6 Å². The maximum Gasteiger partial charge on any atom is 0.152 e. The molecule has 0 heterocycles. The lowest BCUT2D eigenvalue weighted by Crippen LogP contribution is -1.97. The molecule has 20 heavy (non-hydrogen) atoms. The molecule has 0 radical (unpaired) electrons. The number of carbonyl (C=O) groups is 2. The molecule has 0 aliphatic carbocycles. The molecule has 2 rings (SSSR count). The van der Waals surface area contributed by atoms with Crippen LogP contribution in [0.15, 0.2) is 36.4 Å².